The van der Waals surface area contributed by atoms with Crippen LogP contribution in [-0.4, -0.2) is 25.3 Å². The van der Waals surface area contributed by atoms with Gasteiger partial charge in [0.25, 0.3) is 0 Å². The van der Waals surface area contributed by atoms with Gasteiger partial charge in [-0.3, -0.25) is 0 Å². The van der Waals surface area contributed by atoms with E-state index in [-0.39, 0.29) is 11.3 Å². The molecule has 5 heteroatoms. The SMILES string of the molecule is COC(=O)c1c(/C=C/c2cccc(C#N)c2)cc(OC)c(CC=C(C)C)c1O. The van der Waals surface area contributed by atoms with Gasteiger partial charge in [-0.25, -0.2) is 4.79 Å². The maximum absolute atomic E-state index is 12.3. The molecule has 5 nitrogen and oxygen atoms in total. The number of hydrogen-bond donors (Lipinski definition) is 1. The minimum absolute atomic E-state index is 0.0770. The lowest BCUT2D eigenvalue weighted by Crippen LogP contribution is -2.07. The van der Waals surface area contributed by atoms with Gasteiger partial charge in [0.1, 0.15) is 17.1 Å². The van der Waals surface area contributed by atoms with Crippen LogP contribution in [0.4, 0.5) is 0 Å². The first-order valence-electron chi connectivity index (χ1n) is 8.74. The van der Waals surface area contributed by atoms with Crippen LogP contribution in [0.3, 0.4) is 0 Å². The van der Waals surface area contributed by atoms with Gasteiger partial charge in [-0.2, -0.15) is 5.26 Å². The number of allylic oxidation sites excluding steroid dienone is 2. The van der Waals surface area contributed by atoms with Gasteiger partial charge in [0, 0.05) is 5.56 Å². The topological polar surface area (TPSA) is 79.6 Å². The Morgan fingerprint density at radius 3 is 2.57 bits per heavy atom. The van der Waals surface area contributed by atoms with Crippen LogP contribution in [0.5, 0.6) is 11.5 Å². The number of carbonyl (C=O) groups excluding carboxylic acids is 1. The standard InChI is InChI=1S/C23H23NO4/c1-15(2)8-11-19-20(27-3)13-18(21(22(19)25)23(26)28-4)10-9-16-6-5-7-17(12-16)14-24/h5-10,12-13,25H,11H2,1-4H3/b10-9+. The van der Waals surface area contributed by atoms with Crippen molar-refractivity contribution in [2.75, 3.05) is 14.2 Å². The molecule has 0 atom stereocenters. The van der Waals surface area contributed by atoms with Crippen molar-refractivity contribution in [2.24, 2.45) is 0 Å². The van der Waals surface area contributed by atoms with Gasteiger partial charge in [-0.1, -0.05) is 35.9 Å². The smallest absolute Gasteiger partial charge is 0.342 e. The summed E-state index contributed by atoms with van der Waals surface area (Å²) in [5, 5.41) is 19.8. The Balaban J connectivity index is 2.60. The third-order valence-corrected chi connectivity index (χ3v) is 4.19. The average Bonchev–Trinajstić information content (AvgIpc) is 2.70. The first-order chi connectivity index (χ1) is 13.4. The highest BCUT2D eigenvalue weighted by Crippen LogP contribution is 2.36. The van der Waals surface area contributed by atoms with E-state index in [2.05, 4.69) is 6.07 Å². The number of ether oxygens (including phenoxy) is 2. The molecule has 0 saturated carbocycles. The fraction of sp³-hybridized carbons (Fsp3) is 0.217. The van der Waals surface area contributed by atoms with E-state index in [1.807, 2.05) is 26.0 Å². The van der Waals surface area contributed by atoms with Gasteiger partial charge in [0.05, 0.1) is 25.9 Å². The molecule has 0 aliphatic carbocycles. The van der Waals surface area contributed by atoms with E-state index in [9.17, 15) is 9.90 Å². The quantitative estimate of drug-likeness (QED) is 0.447. The number of phenolic OH excluding ortho intramolecular Hbond substituents is 1. The van der Waals surface area contributed by atoms with Crippen molar-refractivity contribution in [3.63, 3.8) is 0 Å². The third-order valence-electron chi connectivity index (χ3n) is 4.19. The number of nitriles is 1. The molecule has 144 valence electrons. The minimum Gasteiger partial charge on any atom is -0.507 e. The second-order valence-electron chi connectivity index (χ2n) is 6.42. The minimum atomic E-state index is -0.635. The molecule has 2 rings (SSSR count). The van der Waals surface area contributed by atoms with Crippen molar-refractivity contribution >= 4 is 18.1 Å². The number of benzene rings is 2. The largest absolute Gasteiger partial charge is 0.507 e. The molecule has 0 heterocycles. The molecule has 0 radical (unpaired) electrons. The van der Waals surface area contributed by atoms with Crippen LogP contribution in [0.2, 0.25) is 0 Å². The molecule has 28 heavy (non-hydrogen) atoms. The number of carbonyl (C=O) groups is 1. The summed E-state index contributed by atoms with van der Waals surface area (Å²) < 4.78 is 10.3. The van der Waals surface area contributed by atoms with E-state index in [1.165, 1.54) is 14.2 Å². The normalized spacial score (nSPS) is 10.4. The number of phenols is 1. The summed E-state index contributed by atoms with van der Waals surface area (Å²) in [5.74, 6) is -0.314. The third kappa shape index (κ3) is 4.80. The maximum Gasteiger partial charge on any atom is 0.342 e. The highest BCUT2D eigenvalue weighted by atomic mass is 16.5. The van der Waals surface area contributed by atoms with Crippen molar-refractivity contribution < 1.29 is 19.4 Å². The number of rotatable bonds is 6. The summed E-state index contributed by atoms with van der Waals surface area (Å²) in [5.41, 5.74) is 3.47. The first-order valence-corrected chi connectivity index (χ1v) is 8.74. The second kappa shape index (κ2) is 9.43. The van der Waals surface area contributed by atoms with Crippen molar-refractivity contribution in [3.05, 3.63) is 69.8 Å². The summed E-state index contributed by atoms with van der Waals surface area (Å²) >= 11 is 0. The number of hydrogen-bond acceptors (Lipinski definition) is 5. The first kappa shape index (κ1) is 20.8. The Morgan fingerprint density at radius 1 is 1.21 bits per heavy atom. The van der Waals surface area contributed by atoms with Gasteiger partial charge in [-0.15, -0.1) is 0 Å². The van der Waals surface area contributed by atoms with Gasteiger partial charge in [-0.05, 0) is 49.6 Å². The van der Waals surface area contributed by atoms with Crippen LogP contribution in [0, 0.1) is 11.3 Å². The predicted molar refractivity (Wildman–Crippen MR) is 109 cm³/mol. The van der Waals surface area contributed by atoms with Crippen LogP contribution in [0.15, 0.2) is 42.0 Å². The molecule has 0 spiro atoms. The number of methoxy groups -OCH3 is 2. The number of esters is 1. The molecular formula is C23H23NO4. The van der Waals surface area contributed by atoms with Crippen molar-refractivity contribution in [2.45, 2.75) is 20.3 Å². The summed E-state index contributed by atoms with van der Waals surface area (Å²) in [6, 6.07) is 10.9. The van der Waals surface area contributed by atoms with E-state index in [1.54, 1.807) is 36.4 Å². The van der Waals surface area contributed by atoms with Gasteiger partial charge < -0.3 is 14.6 Å². The zero-order valence-corrected chi connectivity index (χ0v) is 16.4. The molecular weight excluding hydrogens is 354 g/mol. The number of aromatic hydroxyl groups is 1. The lowest BCUT2D eigenvalue weighted by molar-refractivity contribution is 0.0597. The summed E-state index contributed by atoms with van der Waals surface area (Å²) in [6.07, 6.45) is 5.82. The Bertz CT molecular complexity index is 977. The van der Waals surface area contributed by atoms with Crippen LogP contribution in [-0.2, 0) is 11.2 Å². The Kier molecular flexibility index (Phi) is 7.00. The van der Waals surface area contributed by atoms with Crippen LogP contribution < -0.4 is 4.74 Å². The maximum atomic E-state index is 12.3. The Morgan fingerprint density at radius 2 is 1.96 bits per heavy atom. The molecule has 0 unspecified atom stereocenters. The second-order valence-corrected chi connectivity index (χ2v) is 6.42. The van der Waals surface area contributed by atoms with Crippen molar-refractivity contribution in [1.29, 1.82) is 5.26 Å². The van der Waals surface area contributed by atoms with Crippen LogP contribution in [0.25, 0.3) is 12.2 Å². The fourth-order valence-corrected chi connectivity index (χ4v) is 2.74. The van der Waals surface area contributed by atoms with Crippen LogP contribution >= 0.6 is 0 Å². The molecule has 0 amide bonds. The highest BCUT2D eigenvalue weighted by Gasteiger charge is 2.22. The van der Waals surface area contributed by atoms with Gasteiger partial charge >= 0.3 is 5.97 Å². The van der Waals surface area contributed by atoms with E-state index in [4.69, 9.17) is 14.7 Å². The van der Waals surface area contributed by atoms with E-state index < -0.39 is 5.97 Å². The Labute approximate surface area is 165 Å². The average molecular weight is 377 g/mol. The van der Waals surface area contributed by atoms with Crippen LogP contribution in [0.1, 0.15) is 46.5 Å². The highest BCUT2D eigenvalue weighted by molar-refractivity contribution is 5.98. The van der Waals surface area contributed by atoms with Crippen molar-refractivity contribution in [1.82, 2.24) is 0 Å². The molecule has 0 aliphatic heterocycles. The van der Waals surface area contributed by atoms with Crippen molar-refractivity contribution in [3.8, 4) is 17.6 Å². The predicted octanol–water partition coefficient (Wildman–Crippen LogP) is 4.74. The van der Waals surface area contributed by atoms with E-state index >= 15 is 0 Å². The zero-order chi connectivity index (χ0) is 20.7. The fourth-order valence-electron chi connectivity index (χ4n) is 2.74. The molecule has 0 bridgehead atoms. The molecule has 2 aromatic rings. The molecule has 1 N–H and O–H groups in total. The molecule has 0 aromatic heterocycles. The zero-order valence-electron chi connectivity index (χ0n) is 16.4. The molecule has 2 aromatic carbocycles. The van der Waals surface area contributed by atoms with E-state index in [0.717, 1.165) is 11.1 Å². The lowest BCUT2D eigenvalue weighted by atomic mass is 9.97. The Hall–Kier alpha value is -3.52. The van der Waals surface area contributed by atoms with Gasteiger partial charge in [0.2, 0.25) is 0 Å². The summed E-state index contributed by atoms with van der Waals surface area (Å²) in [4.78, 5) is 12.3. The summed E-state index contributed by atoms with van der Waals surface area (Å²) in [6.45, 7) is 3.91. The molecule has 0 saturated heterocycles. The number of nitrogens with zero attached hydrogens (tertiary/aromatic N) is 1. The monoisotopic (exact) mass is 377 g/mol. The lowest BCUT2D eigenvalue weighted by Gasteiger charge is -2.15. The molecule has 0 fully saturated rings. The van der Waals surface area contributed by atoms with E-state index in [0.29, 0.717) is 28.9 Å². The van der Waals surface area contributed by atoms with Gasteiger partial charge in [0.15, 0.2) is 0 Å². The molecule has 0 aliphatic rings. The summed E-state index contributed by atoms with van der Waals surface area (Å²) in [7, 11) is 2.79.